The average molecular weight is 212 g/mol. The Morgan fingerprint density at radius 1 is 1.50 bits per heavy atom. The molecule has 0 heterocycles. The third-order valence-corrected chi connectivity index (χ3v) is 1.30. The summed E-state index contributed by atoms with van der Waals surface area (Å²) >= 11 is 10.4. The van der Waals surface area contributed by atoms with Gasteiger partial charge in [-0.25, -0.2) is 4.79 Å². The van der Waals surface area contributed by atoms with E-state index in [9.17, 15) is 9.59 Å². The maximum Gasteiger partial charge on any atom is 0.353 e. The van der Waals surface area contributed by atoms with Crippen molar-refractivity contribution in [2.24, 2.45) is 0 Å². The van der Waals surface area contributed by atoms with Gasteiger partial charge in [0.05, 0.1) is 7.11 Å². The van der Waals surface area contributed by atoms with E-state index in [1.807, 2.05) is 0 Å². The van der Waals surface area contributed by atoms with Gasteiger partial charge in [-0.15, -0.1) is 0 Å². The van der Waals surface area contributed by atoms with Crippen LogP contribution in [0.15, 0.2) is 12.3 Å². The van der Waals surface area contributed by atoms with Crippen molar-refractivity contribution >= 4 is 35.1 Å². The molecule has 4 nitrogen and oxygen atoms in total. The van der Waals surface area contributed by atoms with Crippen LogP contribution in [0.3, 0.4) is 0 Å². The highest BCUT2D eigenvalue weighted by Crippen LogP contribution is 2.01. The predicted octanol–water partition coefficient (Wildman–Crippen LogP) is 0.593. The van der Waals surface area contributed by atoms with Gasteiger partial charge in [-0.05, 0) is 0 Å². The van der Waals surface area contributed by atoms with Crippen LogP contribution in [0.25, 0.3) is 0 Å². The normalized spacial score (nSPS) is 9.33. The molecule has 0 atom stereocenters. The minimum atomic E-state index is -1.23. The standard InChI is InChI=1S/C6H7Cl2NO3/c1-3(6(11)12-2)9-5(10)4(7)8/h4H,1H2,2H3,(H,9,10). The molecule has 1 amide bonds. The number of nitrogens with one attached hydrogen (secondary N) is 1. The molecule has 0 spiro atoms. The minimum absolute atomic E-state index is 0.200. The molecule has 0 bridgehead atoms. The third kappa shape index (κ3) is 3.59. The van der Waals surface area contributed by atoms with E-state index in [1.165, 1.54) is 7.11 Å². The molecule has 0 saturated carbocycles. The molecule has 0 aliphatic heterocycles. The summed E-state index contributed by atoms with van der Waals surface area (Å²) in [7, 11) is 1.17. The monoisotopic (exact) mass is 211 g/mol. The van der Waals surface area contributed by atoms with Gasteiger partial charge in [0.15, 0.2) is 4.84 Å². The number of halogens is 2. The van der Waals surface area contributed by atoms with Gasteiger partial charge in [0.1, 0.15) is 5.70 Å². The zero-order valence-electron chi connectivity index (χ0n) is 6.27. The lowest BCUT2D eigenvalue weighted by Gasteiger charge is -2.05. The lowest BCUT2D eigenvalue weighted by Crippen LogP contribution is -2.31. The number of ether oxygens (including phenoxy) is 1. The molecule has 0 aromatic carbocycles. The minimum Gasteiger partial charge on any atom is -0.464 e. The second kappa shape index (κ2) is 5.00. The Balaban J connectivity index is 4.02. The van der Waals surface area contributed by atoms with Crippen LogP contribution in [-0.4, -0.2) is 23.8 Å². The van der Waals surface area contributed by atoms with E-state index < -0.39 is 16.7 Å². The summed E-state index contributed by atoms with van der Waals surface area (Å²) in [4.78, 5) is 20.1. The summed E-state index contributed by atoms with van der Waals surface area (Å²) < 4.78 is 4.25. The van der Waals surface area contributed by atoms with Crippen LogP contribution in [0, 0.1) is 0 Å². The number of esters is 1. The maximum atomic E-state index is 10.7. The van der Waals surface area contributed by atoms with Crippen LogP contribution in [0.2, 0.25) is 0 Å². The van der Waals surface area contributed by atoms with Crippen molar-refractivity contribution in [2.45, 2.75) is 4.84 Å². The number of carbonyl (C=O) groups is 2. The van der Waals surface area contributed by atoms with Crippen LogP contribution < -0.4 is 5.32 Å². The summed E-state index contributed by atoms with van der Waals surface area (Å²) in [5.74, 6) is -1.45. The Morgan fingerprint density at radius 3 is 2.33 bits per heavy atom. The molecule has 1 N–H and O–H groups in total. The van der Waals surface area contributed by atoms with Gasteiger partial charge in [-0.1, -0.05) is 29.8 Å². The van der Waals surface area contributed by atoms with E-state index in [4.69, 9.17) is 23.2 Å². The van der Waals surface area contributed by atoms with Gasteiger partial charge < -0.3 is 10.1 Å². The first kappa shape index (κ1) is 11.3. The van der Waals surface area contributed by atoms with Gasteiger partial charge in [0, 0.05) is 0 Å². The number of methoxy groups -OCH3 is 1. The van der Waals surface area contributed by atoms with Crippen molar-refractivity contribution in [3.8, 4) is 0 Å². The van der Waals surface area contributed by atoms with Gasteiger partial charge in [-0.2, -0.15) is 0 Å². The van der Waals surface area contributed by atoms with Crippen LogP contribution in [0.5, 0.6) is 0 Å². The van der Waals surface area contributed by atoms with E-state index in [0.717, 1.165) is 0 Å². The zero-order chi connectivity index (χ0) is 9.72. The lowest BCUT2D eigenvalue weighted by molar-refractivity contribution is -0.137. The molecule has 0 fully saturated rings. The zero-order valence-corrected chi connectivity index (χ0v) is 7.78. The van der Waals surface area contributed by atoms with Crippen molar-refractivity contribution in [1.29, 1.82) is 0 Å². The fourth-order valence-electron chi connectivity index (χ4n) is 0.378. The third-order valence-electron chi connectivity index (χ3n) is 0.904. The predicted molar refractivity (Wildman–Crippen MR) is 44.8 cm³/mol. The number of amides is 1. The van der Waals surface area contributed by atoms with Crippen molar-refractivity contribution in [3.63, 3.8) is 0 Å². The van der Waals surface area contributed by atoms with Crippen LogP contribution in [0.1, 0.15) is 0 Å². The van der Waals surface area contributed by atoms with E-state index in [2.05, 4.69) is 16.6 Å². The summed E-state index contributed by atoms with van der Waals surface area (Å²) in [5.41, 5.74) is -0.200. The molecule has 0 aromatic rings. The van der Waals surface area contributed by atoms with Gasteiger partial charge in [-0.3, -0.25) is 4.79 Å². The number of carbonyl (C=O) groups excluding carboxylic acids is 2. The van der Waals surface area contributed by atoms with Crippen molar-refractivity contribution < 1.29 is 14.3 Å². The molecule has 0 aromatic heterocycles. The first-order valence-electron chi connectivity index (χ1n) is 2.85. The molecule has 0 rings (SSSR count). The van der Waals surface area contributed by atoms with Crippen molar-refractivity contribution in [3.05, 3.63) is 12.3 Å². The molecule has 0 radical (unpaired) electrons. The molecule has 0 unspecified atom stereocenters. The average Bonchev–Trinajstić information content (AvgIpc) is 2.02. The Labute approximate surface area is 79.5 Å². The maximum absolute atomic E-state index is 10.7. The van der Waals surface area contributed by atoms with Gasteiger partial charge in [0.2, 0.25) is 0 Å². The topological polar surface area (TPSA) is 55.4 Å². The fourth-order valence-corrected chi connectivity index (χ4v) is 0.487. The molecule has 12 heavy (non-hydrogen) atoms. The highest BCUT2D eigenvalue weighted by Gasteiger charge is 2.15. The molecule has 0 saturated heterocycles. The second-order valence-corrected chi connectivity index (χ2v) is 2.86. The summed E-state index contributed by atoms with van der Waals surface area (Å²) in [6, 6.07) is 0. The smallest absolute Gasteiger partial charge is 0.353 e. The molecule has 6 heteroatoms. The van der Waals surface area contributed by atoms with Crippen LogP contribution in [0.4, 0.5) is 0 Å². The highest BCUT2D eigenvalue weighted by molar-refractivity contribution is 6.53. The Kier molecular flexibility index (Phi) is 4.70. The van der Waals surface area contributed by atoms with E-state index >= 15 is 0 Å². The van der Waals surface area contributed by atoms with Crippen LogP contribution in [-0.2, 0) is 14.3 Å². The number of rotatable bonds is 3. The largest absolute Gasteiger partial charge is 0.464 e. The lowest BCUT2D eigenvalue weighted by atomic mass is 10.5. The highest BCUT2D eigenvalue weighted by atomic mass is 35.5. The second-order valence-electron chi connectivity index (χ2n) is 1.76. The molecule has 0 aliphatic rings. The molecular formula is C6H7Cl2NO3. The molecule has 0 aliphatic carbocycles. The fraction of sp³-hybridized carbons (Fsp3) is 0.333. The SMILES string of the molecule is C=C(NC(=O)C(Cl)Cl)C(=O)OC. The number of hydrogen-bond donors (Lipinski definition) is 1. The molecule has 68 valence electrons. The summed E-state index contributed by atoms with van der Waals surface area (Å²) in [6.45, 7) is 3.22. The van der Waals surface area contributed by atoms with Crippen molar-refractivity contribution in [2.75, 3.05) is 7.11 Å². The van der Waals surface area contributed by atoms with E-state index in [1.54, 1.807) is 0 Å². The number of hydrogen-bond acceptors (Lipinski definition) is 3. The first-order chi connectivity index (χ1) is 5.49. The van der Waals surface area contributed by atoms with Gasteiger partial charge >= 0.3 is 5.97 Å². The molecular weight excluding hydrogens is 205 g/mol. The van der Waals surface area contributed by atoms with Crippen molar-refractivity contribution in [1.82, 2.24) is 5.32 Å². The Hall–Kier alpha value is -0.740. The Bertz CT molecular complexity index is 215. The van der Waals surface area contributed by atoms with Gasteiger partial charge in [0.25, 0.3) is 5.91 Å². The summed E-state index contributed by atoms with van der Waals surface area (Å²) in [6.07, 6.45) is 0. The van der Waals surface area contributed by atoms with E-state index in [0.29, 0.717) is 0 Å². The summed E-state index contributed by atoms with van der Waals surface area (Å²) in [5, 5.41) is 2.06. The van der Waals surface area contributed by atoms with Crippen LogP contribution >= 0.6 is 23.2 Å². The quantitative estimate of drug-likeness (QED) is 0.423. The van der Waals surface area contributed by atoms with E-state index in [-0.39, 0.29) is 5.70 Å². The first-order valence-corrected chi connectivity index (χ1v) is 3.72. The number of alkyl halides is 2. The Morgan fingerprint density at radius 2 is 2.00 bits per heavy atom.